The maximum Gasteiger partial charge on any atom is 0.254 e. The number of alkyl halides is 1. The Hall–Kier alpha value is -1.13. The summed E-state index contributed by atoms with van der Waals surface area (Å²) in [4.78, 5) is 11.9. The highest BCUT2D eigenvalue weighted by atomic mass is 35.5. The maximum absolute atomic E-state index is 12.9. The van der Waals surface area contributed by atoms with E-state index in [0.29, 0.717) is 6.54 Å². The zero-order valence-electron chi connectivity index (χ0n) is 9.27. The van der Waals surface area contributed by atoms with Crippen molar-refractivity contribution in [3.8, 4) is 0 Å². The van der Waals surface area contributed by atoms with Gasteiger partial charge >= 0.3 is 0 Å². The largest absolute Gasteiger partial charge is 0.303 e. The lowest BCUT2D eigenvalue weighted by atomic mass is 10.2. The van der Waals surface area contributed by atoms with Gasteiger partial charge in [-0.05, 0) is 5.56 Å². The Morgan fingerprint density at radius 2 is 2.18 bits per heavy atom. The van der Waals surface area contributed by atoms with Crippen molar-refractivity contribution in [2.45, 2.75) is 25.2 Å². The molecule has 0 bridgehead atoms. The van der Waals surface area contributed by atoms with Crippen molar-refractivity contribution in [1.82, 2.24) is 9.74 Å². The van der Waals surface area contributed by atoms with Crippen molar-refractivity contribution in [3.63, 3.8) is 0 Å². The molecule has 1 amide bonds. The summed E-state index contributed by atoms with van der Waals surface area (Å²) in [5, 5.41) is 2.82. The molecule has 1 N–H and O–H groups in total. The molecule has 17 heavy (non-hydrogen) atoms. The van der Waals surface area contributed by atoms with E-state index in [0.717, 1.165) is 9.98 Å². The van der Waals surface area contributed by atoms with E-state index in [1.54, 1.807) is 0 Å². The predicted octanol–water partition coefficient (Wildman–Crippen LogP) is 1.87. The number of rotatable bonds is 3. The first-order chi connectivity index (χ1) is 8.16. The van der Waals surface area contributed by atoms with Crippen molar-refractivity contribution in [2.24, 2.45) is 0 Å². The van der Waals surface area contributed by atoms with Crippen LogP contribution in [-0.4, -0.2) is 29.1 Å². The van der Waals surface area contributed by atoms with E-state index < -0.39 is 12.2 Å². The summed E-state index contributed by atoms with van der Waals surface area (Å²) in [5.74, 6) is -0.268. The molecule has 1 saturated heterocycles. The molecular formula is C12H14ClFN2O. The van der Waals surface area contributed by atoms with Crippen LogP contribution in [0.3, 0.4) is 0 Å². The average Bonchev–Trinajstić information content (AvgIpc) is 2.76. The highest BCUT2D eigenvalue weighted by Crippen LogP contribution is 2.15. The number of hydrogen-bond donors (Lipinski definition) is 1. The second-order valence-electron chi connectivity index (χ2n) is 4.14. The number of nitrogens with one attached hydrogen (secondary N) is 1. The molecule has 0 unspecified atom stereocenters. The van der Waals surface area contributed by atoms with E-state index in [2.05, 4.69) is 5.32 Å². The van der Waals surface area contributed by atoms with Gasteiger partial charge < -0.3 is 5.32 Å². The maximum atomic E-state index is 12.9. The average molecular weight is 257 g/mol. The summed E-state index contributed by atoms with van der Waals surface area (Å²) in [6, 6.07) is 8.96. The van der Waals surface area contributed by atoms with Crippen LogP contribution in [-0.2, 0) is 11.3 Å². The molecule has 1 aliphatic rings. The van der Waals surface area contributed by atoms with E-state index >= 15 is 0 Å². The van der Waals surface area contributed by atoms with Gasteiger partial charge in [-0.15, -0.1) is 0 Å². The molecule has 92 valence electrons. The Labute approximate surface area is 105 Å². The SMILES string of the molecule is O=C([C@@H]1C[C@@H](F)CN1)N(Cl)Cc1ccccc1. The van der Waals surface area contributed by atoms with Crippen LogP contribution in [0.4, 0.5) is 4.39 Å². The van der Waals surface area contributed by atoms with Gasteiger partial charge in [-0.2, -0.15) is 0 Å². The van der Waals surface area contributed by atoms with E-state index in [1.165, 1.54) is 0 Å². The first-order valence-electron chi connectivity index (χ1n) is 5.55. The fourth-order valence-electron chi connectivity index (χ4n) is 1.87. The van der Waals surface area contributed by atoms with E-state index in [-0.39, 0.29) is 18.9 Å². The van der Waals surface area contributed by atoms with Gasteiger partial charge in [0.15, 0.2) is 0 Å². The second kappa shape index (κ2) is 5.47. The summed E-state index contributed by atoms with van der Waals surface area (Å²) < 4.78 is 14.1. The molecule has 1 heterocycles. The zero-order valence-corrected chi connectivity index (χ0v) is 10.0. The van der Waals surface area contributed by atoms with Crippen molar-refractivity contribution in [2.75, 3.05) is 6.54 Å². The van der Waals surface area contributed by atoms with Gasteiger partial charge in [-0.1, -0.05) is 30.3 Å². The fourth-order valence-corrected chi connectivity index (χ4v) is 2.13. The fraction of sp³-hybridized carbons (Fsp3) is 0.417. The molecule has 5 heteroatoms. The normalized spacial score (nSPS) is 23.6. The Morgan fingerprint density at radius 3 is 2.76 bits per heavy atom. The lowest BCUT2D eigenvalue weighted by molar-refractivity contribution is -0.128. The molecule has 1 aromatic carbocycles. The highest BCUT2D eigenvalue weighted by Gasteiger charge is 2.31. The summed E-state index contributed by atoms with van der Waals surface area (Å²) >= 11 is 5.91. The minimum atomic E-state index is -0.953. The summed E-state index contributed by atoms with van der Waals surface area (Å²) in [7, 11) is 0. The molecule has 1 aliphatic heterocycles. The van der Waals surface area contributed by atoms with Crippen molar-refractivity contribution < 1.29 is 9.18 Å². The molecule has 0 saturated carbocycles. The van der Waals surface area contributed by atoms with Crippen molar-refractivity contribution in [1.29, 1.82) is 0 Å². The zero-order chi connectivity index (χ0) is 12.3. The highest BCUT2D eigenvalue weighted by molar-refractivity contribution is 6.21. The third-order valence-corrected chi connectivity index (χ3v) is 3.06. The number of carbonyl (C=O) groups is 1. The van der Waals surface area contributed by atoms with Gasteiger partial charge in [0.2, 0.25) is 0 Å². The lowest BCUT2D eigenvalue weighted by Gasteiger charge is -2.18. The van der Waals surface area contributed by atoms with Gasteiger partial charge in [0, 0.05) is 24.7 Å². The third kappa shape index (κ3) is 3.17. The first-order valence-corrected chi connectivity index (χ1v) is 5.89. The Balaban J connectivity index is 1.92. The molecule has 0 aliphatic carbocycles. The molecule has 1 aromatic rings. The van der Waals surface area contributed by atoms with Crippen LogP contribution in [0.15, 0.2) is 30.3 Å². The van der Waals surface area contributed by atoms with Crippen LogP contribution in [0.25, 0.3) is 0 Å². The molecule has 2 rings (SSSR count). The summed E-state index contributed by atoms with van der Waals surface area (Å²) in [6.07, 6.45) is -0.748. The minimum Gasteiger partial charge on any atom is -0.303 e. The van der Waals surface area contributed by atoms with Crippen LogP contribution in [0.1, 0.15) is 12.0 Å². The van der Waals surface area contributed by atoms with Gasteiger partial charge in [-0.25, -0.2) is 8.81 Å². The van der Waals surface area contributed by atoms with Gasteiger partial charge in [-0.3, -0.25) is 4.79 Å². The Kier molecular flexibility index (Phi) is 3.97. The van der Waals surface area contributed by atoms with Crippen molar-refractivity contribution in [3.05, 3.63) is 35.9 Å². The Bertz CT molecular complexity index is 387. The number of nitrogens with zero attached hydrogens (tertiary/aromatic N) is 1. The van der Waals surface area contributed by atoms with Crippen LogP contribution in [0.2, 0.25) is 0 Å². The van der Waals surface area contributed by atoms with E-state index in [9.17, 15) is 9.18 Å². The minimum absolute atomic E-state index is 0.205. The van der Waals surface area contributed by atoms with Gasteiger partial charge in [0.05, 0.1) is 12.6 Å². The van der Waals surface area contributed by atoms with E-state index in [4.69, 9.17) is 11.8 Å². The number of carbonyl (C=O) groups excluding carboxylic acids is 1. The Morgan fingerprint density at radius 1 is 1.47 bits per heavy atom. The molecular weight excluding hydrogens is 243 g/mol. The monoisotopic (exact) mass is 256 g/mol. The van der Waals surface area contributed by atoms with Crippen LogP contribution in [0, 0.1) is 0 Å². The molecule has 2 atom stereocenters. The van der Waals surface area contributed by atoms with Crippen LogP contribution in [0.5, 0.6) is 0 Å². The van der Waals surface area contributed by atoms with Crippen LogP contribution >= 0.6 is 11.8 Å². The predicted molar refractivity (Wildman–Crippen MR) is 64.1 cm³/mol. The van der Waals surface area contributed by atoms with E-state index in [1.807, 2.05) is 30.3 Å². The molecule has 0 aromatic heterocycles. The number of benzene rings is 1. The van der Waals surface area contributed by atoms with Crippen LogP contribution < -0.4 is 5.32 Å². The van der Waals surface area contributed by atoms with Gasteiger partial charge in [0.1, 0.15) is 6.17 Å². The molecule has 3 nitrogen and oxygen atoms in total. The number of hydrogen-bond acceptors (Lipinski definition) is 2. The first kappa shape index (κ1) is 12.3. The van der Waals surface area contributed by atoms with Gasteiger partial charge in [0.25, 0.3) is 5.91 Å². The molecule has 0 radical (unpaired) electrons. The quantitative estimate of drug-likeness (QED) is 0.838. The molecule has 0 spiro atoms. The smallest absolute Gasteiger partial charge is 0.254 e. The summed E-state index contributed by atoms with van der Waals surface area (Å²) in [6.45, 7) is 0.558. The molecule has 1 fully saturated rings. The number of halogens is 2. The third-order valence-electron chi connectivity index (χ3n) is 2.78. The topological polar surface area (TPSA) is 32.3 Å². The lowest BCUT2D eigenvalue weighted by Crippen LogP contribution is -2.38. The second-order valence-corrected chi connectivity index (χ2v) is 4.55. The summed E-state index contributed by atoms with van der Waals surface area (Å²) in [5.41, 5.74) is 0.950. The number of amides is 1. The van der Waals surface area contributed by atoms with Crippen molar-refractivity contribution >= 4 is 17.7 Å². The standard InChI is InChI=1S/C12H14ClFN2O/c13-16(8-9-4-2-1-3-5-9)12(17)11-6-10(14)7-15-11/h1-5,10-11,15H,6-8H2/t10-,11+/m1/s1.